The molecule has 9 N–H and O–H groups in total. The number of likely N-dealkylation sites (tertiary alicyclic amines) is 3. The Balaban J connectivity index is 0.000000113. The second-order valence-corrected chi connectivity index (χ2v) is 27.2. The molecule has 3 aliphatic heterocycles. The van der Waals surface area contributed by atoms with Crippen molar-refractivity contribution in [3.05, 3.63) is 168 Å². The highest BCUT2D eigenvalue weighted by Gasteiger charge is 2.37. The van der Waals surface area contributed by atoms with Crippen LogP contribution in [0.3, 0.4) is 0 Å². The van der Waals surface area contributed by atoms with Crippen LogP contribution in [0.4, 0.5) is 17.5 Å². The highest BCUT2D eigenvalue weighted by Crippen LogP contribution is 2.41. The Morgan fingerprint density at radius 2 is 0.779 bits per heavy atom. The number of hydrogen-bond acceptors (Lipinski definition) is 13. The van der Waals surface area contributed by atoms with E-state index in [2.05, 4.69) is 103 Å². The zero-order valence-electron chi connectivity index (χ0n) is 52.9. The lowest BCUT2D eigenvalue weighted by atomic mass is 9.87. The van der Waals surface area contributed by atoms with Crippen molar-refractivity contribution in [2.24, 2.45) is 11.8 Å². The maximum atomic E-state index is 13.0. The number of benzene rings is 3. The summed E-state index contributed by atoms with van der Waals surface area (Å²) in [6, 6.07) is 34.8. The Labute approximate surface area is 551 Å². The van der Waals surface area contributed by atoms with Gasteiger partial charge in [-0.1, -0.05) is 79.9 Å². The van der Waals surface area contributed by atoms with Crippen molar-refractivity contribution in [3.8, 4) is 34.2 Å². The molecular formula is C73H76N18O3S. The third-order valence-electron chi connectivity index (χ3n) is 20.3. The number of hydrogen-bond donors (Lipinski definition) is 6. The fraction of sp³-hybridized carbons (Fsp3) is 0.329. The number of piperidine rings is 3. The smallest absolute Gasteiger partial charge is 0.263 e. The number of carbonyl (C=O) groups excluding carboxylic acids is 3. The number of aromatic amines is 3. The van der Waals surface area contributed by atoms with Gasteiger partial charge in [-0.3, -0.25) is 27.6 Å². The van der Waals surface area contributed by atoms with Crippen LogP contribution in [0.5, 0.6) is 0 Å². The summed E-state index contributed by atoms with van der Waals surface area (Å²) in [5, 5.41) is 5.37. The number of amides is 3. The lowest BCUT2D eigenvalue weighted by Crippen LogP contribution is -2.42. The van der Waals surface area contributed by atoms with Gasteiger partial charge in [0.15, 0.2) is 0 Å². The molecule has 0 bridgehead atoms. The van der Waals surface area contributed by atoms with Gasteiger partial charge in [-0.05, 0) is 112 Å². The third kappa shape index (κ3) is 11.5. The Kier molecular flexibility index (Phi) is 15.8. The predicted octanol–water partition coefficient (Wildman–Crippen LogP) is 12.9. The van der Waals surface area contributed by atoms with Crippen molar-refractivity contribution in [1.82, 2.24) is 72.8 Å². The average molecular weight is 1290 g/mol. The second-order valence-electron chi connectivity index (χ2n) is 26.2. The summed E-state index contributed by atoms with van der Waals surface area (Å²) >= 11 is 1.50. The van der Waals surface area contributed by atoms with Crippen molar-refractivity contribution in [2.45, 2.75) is 101 Å². The molecule has 95 heavy (non-hydrogen) atoms. The molecule has 0 spiro atoms. The molecule has 0 atom stereocenters. The van der Waals surface area contributed by atoms with Gasteiger partial charge in [0.2, 0.25) is 11.8 Å². The first-order valence-electron chi connectivity index (χ1n) is 33.6. The fourth-order valence-corrected chi connectivity index (χ4v) is 15.8. The summed E-state index contributed by atoms with van der Waals surface area (Å²) in [4.78, 5) is 83.7. The van der Waals surface area contributed by atoms with E-state index in [1.54, 1.807) is 18.6 Å². The van der Waals surface area contributed by atoms with Crippen LogP contribution < -0.4 is 17.2 Å². The predicted molar refractivity (Wildman–Crippen MR) is 373 cm³/mol. The molecule has 2 saturated carbocycles. The zero-order valence-corrected chi connectivity index (χ0v) is 53.7. The summed E-state index contributed by atoms with van der Waals surface area (Å²) in [5.41, 5.74) is 30.0. The van der Waals surface area contributed by atoms with E-state index >= 15 is 0 Å². The van der Waals surface area contributed by atoms with Crippen LogP contribution in [0, 0.1) is 11.8 Å². The van der Waals surface area contributed by atoms with E-state index in [0.717, 1.165) is 209 Å². The fourth-order valence-electron chi connectivity index (χ4n) is 15.1. The van der Waals surface area contributed by atoms with Gasteiger partial charge in [0.05, 0.1) is 22.0 Å². The number of thiophene rings is 1. The van der Waals surface area contributed by atoms with Crippen molar-refractivity contribution >= 4 is 95.8 Å². The number of nitrogen functional groups attached to an aromatic ring is 3. The molecule has 5 fully saturated rings. The third-order valence-corrected chi connectivity index (χ3v) is 21.1. The highest BCUT2D eigenvalue weighted by molar-refractivity contribution is 7.12. The van der Waals surface area contributed by atoms with Gasteiger partial charge in [0, 0.05) is 139 Å². The second kappa shape index (κ2) is 25.2. The van der Waals surface area contributed by atoms with Crippen LogP contribution in [-0.4, -0.2) is 130 Å². The standard InChI is InChI=1S/C26H30N6O.C24H22N6OS.C23H24N6O/c27-24-23-22(21-16-19-8-4-5-9-20(19)29-21)30-25(32(23)15-12-28-24)17-10-13-31(14-11-17)26(33)18-6-2-1-3-7-18;25-22-21-20(18-14-16-4-1-2-5-17(16)27-18)28-23(30(21)12-9-26-22)15-7-10-29(11-8-15)24(31)19-6-3-13-32-19;24-21-20-19(18-13-16-3-1-2-4-17(16)26-18)27-22(29(20)12-9-25-21)14-7-10-28(11-8-14)23(30)15-5-6-15/h4-5,8-9,12,15-18,29H,1-3,6-7,10-11,13-14H2,(H2,27,28);1-6,9,12-15,27H,7-8,10-11H2,(H2,25,26);1-4,9,12-15,26H,5-8,10-11H2,(H2,24,25). The van der Waals surface area contributed by atoms with Crippen LogP contribution in [0.15, 0.2) is 146 Å². The molecule has 13 heterocycles. The van der Waals surface area contributed by atoms with Crippen molar-refractivity contribution in [1.29, 1.82) is 0 Å². The monoisotopic (exact) mass is 1280 g/mol. The molecule has 5 aliphatic rings. The number of para-hydroxylation sites is 3. The van der Waals surface area contributed by atoms with Crippen LogP contribution in [0.1, 0.15) is 128 Å². The van der Waals surface area contributed by atoms with Gasteiger partial charge >= 0.3 is 0 Å². The van der Waals surface area contributed by atoms with Gasteiger partial charge in [-0.25, -0.2) is 29.9 Å². The molecule has 13 aromatic rings. The van der Waals surface area contributed by atoms with Crippen LogP contribution in [0.2, 0.25) is 0 Å². The first-order chi connectivity index (χ1) is 46.6. The van der Waals surface area contributed by atoms with Gasteiger partial charge in [-0.15, -0.1) is 11.3 Å². The van der Waals surface area contributed by atoms with E-state index < -0.39 is 0 Å². The molecule has 2 aliphatic carbocycles. The summed E-state index contributed by atoms with van der Waals surface area (Å²) in [7, 11) is 0. The summed E-state index contributed by atoms with van der Waals surface area (Å²) in [6.45, 7) is 4.65. The van der Waals surface area contributed by atoms with E-state index in [4.69, 9.17) is 32.2 Å². The number of carbonyl (C=O) groups is 3. The normalized spacial score (nSPS) is 17.1. The molecule has 482 valence electrons. The molecule has 0 radical (unpaired) electrons. The number of rotatable bonds is 9. The first-order valence-corrected chi connectivity index (χ1v) is 34.5. The maximum Gasteiger partial charge on any atom is 0.263 e. The molecule has 3 amide bonds. The summed E-state index contributed by atoms with van der Waals surface area (Å²) in [6.07, 6.45) is 24.3. The Bertz CT molecular complexity index is 4880. The summed E-state index contributed by atoms with van der Waals surface area (Å²) < 4.78 is 6.27. The van der Waals surface area contributed by atoms with Crippen LogP contribution >= 0.6 is 11.3 Å². The minimum Gasteiger partial charge on any atom is -0.382 e. The zero-order chi connectivity index (χ0) is 64.3. The average Bonchev–Trinajstić information content (AvgIpc) is 1.62. The van der Waals surface area contributed by atoms with Crippen molar-refractivity contribution < 1.29 is 14.4 Å². The van der Waals surface area contributed by atoms with Crippen LogP contribution in [0.25, 0.3) is 83.4 Å². The number of nitrogens with one attached hydrogen (secondary N) is 3. The molecule has 0 unspecified atom stereocenters. The molecule has 3 aromatic carbocycles. The van der Waals surface area contributed by atoms with E-state index in [1.165, 1.54) is 30.6 Å². The molecule has 22 heteroatoms. The van der Waals surface area contributed by atoms with Gasteiger partial charge in [-0.2, -0.15) is 0 Å². The number of fused-ring (bicyclic) bond motifs is 6. The number of nitrogens with zero attached hydrogens (tertiary/aromatic N) is 12. The topological polar surface area (TPSA) is 277 Å². The quantitative estimate of drug-likeness (QED) is 0.0787. The molecule has 21 nitrogen and oxygen atoms in total. The highest BCUT2D eigenvalue weighted by atomic mass is 32.1. The first kappa shape index (κ1) is 59.6. The Morgan fingerprint density at radius 3 is 1.13 bits per heavy atom. The van der Waals surface area contributed by atoms with E-state index in [1.807, 2.05) is 82.3 Å². The molecule has 18 rings (SSSR count). The number of aromatic nitrogens is 12. The minimum atomic E-state index is 0.124. The van der Waals surface area contributed by atoms with Gasteiger partial charge in [0.25, 0.3) is 5.91 Å². The van der Waals surface area contributed by atoms with E-state index in [-0.39, 0.29) is 29.6 Å². The number of H-pyrrole nitrogens is 3. The lowest BCUT2D eigenvalue weighted by molar-refractivity contribution is -0.137. The van der Waals surface area contributed by atoms with Gasteiger partial charge in [0.1, 0.15) is 68.6 Å². The van der Waals surface area contributed by atoms with E-state index in [9.17, 15) is 14.4 Å². The molecular weight excluding hydrogens is 1210 g/mol. The van der Waals surface area contributed by atoms with E-state index in [0.29, 0.717) is 35.2 Å². The number of imidazole rings is 3. The number of nitrogens with two attached hydrogens (primary N) is 3. The summed E-state index contributed by atoms with van der Waals surface area (Å²) in [5.74, 6) is 6.60. The SMILES string of the molecule is Nc1nccn2c(C3CCN(C(=O)C4CC4)CC3)nc(-c3cc4ccccc4[nH]3)c12.Nc1nccn2c(C3CCN(C(=O)C4CCCCC4)CC3)nc(-c3cc4ccccc4[nH]3)c12.Nc1nccn2c(C3CCN(C(=O)c4cccs4)CC3)nc(-c3cc4ccccc4[nH]3)c12. The van der Waals surface area contributed by atoms with Gasteiger partial charge < -0.3 is 46.9 Å². The van der Waals surface area contributed by atoms with Crippen molar-refractivity contribution in [2.75, 3.05) is 56.5 Å². The minimum absolute atomic E-state index is 0.124. The van der Waals surface area contributed by atoms with Crippen LogP contribution in [-0.2, 0) is 9.59 Å². The molecule has 3 saturated heterocycles. The Hall–Kier alpha value is -10.4. The maximum absolute atomic E-state index is 13.0. The largest absolute Gasteiger partial charge is 0.382 e. The lowest BCUT2D eigenvalue weighted by Gasteiger charge is -2.34. The number of anilines is 3. The van der Waals surface area contributed by atoms with Crippen molar-refractivity contribution in [3.63, 3.8) is 0 Å². The molecule has 10 aromatic heterocycles. The Morgan fingerprint density at radius 1 is 0.421 bits per heavy atom.